The van der Waals surface area contributed by atoms with Crippen molar-refractivity contribution in [2.24, 2.45) is 11.1 Å². The van der Waals surface area contributed by atoms with Gasteiger partial charge in [0.25, 0.3) is 0 Å². The van der Waals surface area contributed by atoms with Crippen LogP contribution in [0.3, 0.4) is 0 Å². The molecule has 1 heterocycles. The standard InChI is InChI=1S/C10H21N3O3S/c1-10(2,9(11)12)7-13-17(14,15)6-8-4-3-5-16-8/h8,13H,3-7H2,1-2H3,(H3,11,12). The van der Waals surface area contributed by atoms with Gasteiger partial charge in [0.05, 0.1) is 17.7 Å². The first-order chi connectivity index (χ1) is 7.73. The lowest BCUT2D eigenvalue weighted by Gasteiger charge is -2.23. The van der Waals surface area contributed by atoms with Crippen LogP contribution >= 0.6 is 0 Å². The Morgan fingerprint density at radius 1 is 1.59 bits per heavy atom. The minimum atomic E-state index is -3.36. The summed E-state index contributed by atoms with van der Waals surface area (Å²) in [6, 6.07) is 0. The third-order valence-electron chi connectivity index (χ3n) is 2.89. The molecule has 0 aromatic heterocycles. The molecule has 1 aliphatic rings. The predicted molar refractivity (Wildman–Crippen MR) is 66.5 cm³/mol. The van der Waals surface area contributed by atoms with Crippen molar-refractivity contribution in [1.29, 1.82) is 5.41 Å². The normalized spacial score (nSPS) is 21.6. The average Bonchev–Trinajstić information content (AvgIpc) is 2.67. The molecule has 1 unspecified atom stereocenters. The number of rotatable bonds is 6. The van der Waals surface area contributed by atoms with Gasteiger partial charge in [-0.25, -0.2) is 13.1 Å². The van der Waals surface area contributed by atoms with Gasteiger partial charge in [0.2, 0.25) is 10.0 Å². The molecule has 0 saturated carbocycles. The molecule has 7 heteroatoms. The molecule has 0 aromatic carbocycles. The van der Waals surface area contributed by atoms with Gasteiger partial charge in [-0.1, -0.05) is 13.8 Å². The van der Waals surface area contributed by atoms with Gasteiger partial charge in [0, 0.05) is 18.6 Å². The Morgan fingerprint density at radius 3 is 2.71 bits per heavy atom. The molecule has 1 aliphatic heterocycles. The highest BCUT2D eigenvalue weighted by Gasteiger charge is 2.27. The highest BCUT2D eigenvalue weighted by Crippen LogP contribution is 2.15. The molecule has 0 amide bonds. The van der Waals surface area contributed by atoms with Gasteiger partial charge in [0.1, 0.15) is 0 Å². The number of amidine groups is 1. The molecule has 0 spiro atoms. The lowest BCUT2D eigenvalue weighted by atomic mass is 9.93. The fourth-order valence-corrected chi connectivity index (χ4v) is 2.92. The van der Waals surface area contributed by atoms with E-state index in [0.717, 1.165) is 12.8 Å². The minimum absolute atomic E-state index is 0.0129. The van der Waals surface area contributed by atoms with E-state index in [4.69, 9.17) is 15.9 Å². The zero-order chi connectivity index (χ0) is 13.1. The Labute approximate surface area is 102 Å². The van der Waals surface area contributed by atoms with Crippen molar-refractivity contribution < 1.29 is 13.2 Å². The van der Waals surface area contributed by atoms with Crippen LogP contribution in [0.15, 0.2) is 0 Å². The van der Waals surface area contributed by atoms with E-state index in [1.165, 1.54) is 0 Å². The van der Waals surface area contributed by atoms with Crippen LogP contribution in [0.25, 0.3) is 0 Å². The van der Waals surface area contributed by atoms with Crippen LogP contribution in [0.2, 0.25) is 0 Å². The van der Waals surface area contributed by atoms with Crippen LogP contribution < -0.4 is 10.5 Å². The van der Waals surface area contributed by atoms with Crippen molar-refractivity contribution in [1.82, 2.24) is 4.72 Å². The van der Waals surface area contributed by atoms with E-state index < -0.39 is 15.4 Å². The predicted octanol–water partition coefficient (Wildman–Crippen LogP) is 0.0470. The third-order valence-corrected chi connectivity index (χ3v) is 4.29. The molecule has 0 aliphatic carbocycles. The molecule has 1 rings (SSSR count). The second-order valence-electron chi connectivity index (χ2n) is 5.04. The van der Waals surface area contributed by atoms with Crippen molar-refractivity contribution in [3.05, 3.63) is 0 Å². The van der Waals surface area contributed by atoms with Gasteiger partial charge in [-0.2, -0.15) is 0 Å². The Hall–Kier alpha value is -0.660. The molecule has 1 atom stereocenters. The lowest BCUT2D eigenvalue weighted by molar-refractivity contribution is 0.127. The Morgan fingerprint density at radius 2 is 2.24 bits per heavy atom. The number of hydrogen-bond donors (Lipinski definition) is 3. The molecule has 4 N–H and O–H groups in total. The second kappa shape index (κ2) is 5.32. The molecular formula is C10H21N3O3S. The van der Waals surface area contributed by atoms with E-state index >= 15 is 0 Å². The number of nitrogens with one attached hydrogen (secondary N) is 2. The summed E-state index contributed by atoms with van der Waals surface area (Å²) in [5.74, 6) is -0.0432. The van der Waals surface area contributed by atoms with Crippen molar-refractivity contribution >= 4 is 15.9 Å². The number of nitrogens with two attached hydrogens (primary N) is 1. The van der Waals surface area contributed by atoms with Gasteiger partial charge >= 0.3 is 0 Å². The maximum atomic E-state index is 11.8. The van der Waals surface area contributed by atoms with Crippen LogP contribution in [0.4, 0.5) is 0 Å². The summed E-state index contributed by atoms with van der Waals surface area (Å²) in [7, 11) is -3.36. The van der Waals surface area contributed by atoms with E-state index in [-0.39, 0.29) is 24.2 Å². The molecule has 1 fully saturated rings. The average molecular weight is 263 g/mol. The van der Waals surface area contributed by atoms with Gasteiger partial charge in [0.15, 0.2) is 0 Å². The van der Waals surface area contributed by atoms with Crippen LogP contribution in [-0.4, -0.2) is 39.3 Å². The first kappa shape index (κ1) is 14.4. The highest BCUT2D eigenvalue weighted by molar-refractivity contribution is 7.89. The van der Waals surface area contributed by atoms with Gasteiger partial charge < -0.3 is 10.5 Å². The Bertz CT molecular complexity index is 372. The van der Waals surface area contributed by atoms with Crippen LogP contribution in [-0.2, 0) is 14.8 Å². The lowest BCUT2D eigenvalue weighted by Crippen LogP contribution is -2.43. The smallest absolute Gasteiger partial charge is 0.214 e. The van der Waals surface area contributed by atoms with Crippen molar-refractivity contribution in [3.63, 3.8) is 0 Å². The Balaban J connectivity index is 2.46. The van der Waals surface area contributed by atoms with Crippen molar-refractivity contribution in [3.8, 4) is 0 Å². The molecule has 100 valence electrons. The van der Waals surface area contributed by atoms with Gasteiger partial charge in [-0.15, -0.1) is 0 Å². The summed E-state index contributed by atoms with van der Waals surface area (Å²) in [5.41, 5.74) is 4.72. The molecule has 0 bridgehead atoms. The van der Waals surface area contributed by atoms with Crippen LogP contribution in [0, 0.1) is 10.8 Å². The van der Waals surface area contributed by atoms with E-state index in [1.54, 1.807) is 13.8 Å². The summed E-state index contributed by atoms with van der Waals surface area (Å²) in [6.07, 6.45) is 1.50. The topological polar surface area (TPSA) is 105 Å². The Kier molecular flexibility index (Phi) is 4.51. The number of ether oxygens (including phenoxy) is 1. The summed E-state index contributed by atoms with van der Waals surface area (Å²) in [4.78, 5) is 0. The summed E-state index contributed by atoms with van der Waals surface area (Å²) in [5, 5.41) is 7.35. The van der Waals surface area contributed by atoms with Crippen LogP contribution in [0.5, 0.6) is 0 Å². The maximum absolute atomic E-state index is 11.8. The molecule has 17 heavy (non-hydrogen) atoms. The largest absolute Gasteiger partial charge is 0.387 e. The number of sulfonamides is 1. The van der Waals surface area contributed by atoms with E-state index in [9.17, 15) is 8.42 Å². The molecule has 0 radical (unpaired) electrons. The van der Waals surface area contributed by atoms with Crippen LogP contribution in [0.1, 0.15) is 26.7 Å². The molecule has 0 aromatic rings. The van der Waals surface area contributed by atoms with E-state index in [1.807, 2.05) is 0 Å². The summed E-state index contributed by atoms with van der Waals surface area (Å²) < 4.78 is 31.3. The molecular weight excluding hydrogens is 242 g/mol. The molecule has 1 saturated heterocycles. The summed E-state index contributed by atoms with van der Waals surface area (Å²) in [6.45, 7) is 4.23. The second-order valence-corrected chi connectivity index (χ2v) is 6.89. The van der Waals surface area contributed by atoms with Gasteiger partial charge in [-0.3, -0.25) is 5.41 Å². The fraction of sp³-hybridized carbons (Fsp3) is 0.900. The van der Waals surface area contributed by atoms with E-state index in [0.29, 0.717) is 6.61 Å². The fourth-order valence-electron chi connectivity index (χ4n) is 1.47. The quantitative estimate of drug-likeness (QED) is 0.465. The summed E-state index contributed by atoms with van der Waals surface area (Å²) >= 11 is 0. The van der Waals surface area contributed by atoms with Gasteiger partial charge in [-0.05, 0) is 12.8 Å². The maximum Gasteiger partial charge on any atom is 0.214 e. The number of hydrogen-bond acceptors (Lipinski definition) is 4. The van der Waals surface area contributed by atoms with Crippen molar-refractivity contribution in [2.75, 3.05) is 18.9 Å². The molecule has 6 nitrogen and oxygen atoms in total. The minimum Gasteiger partial charge on any atom is -0.387 e. The van der Waals surface area contributed by atoms with E-state index in [2.05, 4.69) is 4.72 Å². The monoisotopic (exact) mass is 263 g/mol. The van der Waals surface area contributed by atoms with Crippen molar-refractivity contribution in [2.45, 2.75) is 32.8 Å². The third kappa shape index (κ3) is 4.61. The SMILES string of the molecule is CC(C)(CNS(=O)(=O)CC1CCCO1)C(=N)N. The zero-order valence-electron chi connectivity index (χ0n) is 10.3. The first-order valence-electron chi connectivity index (χ1n) is 5.66. The first-order valence-corrected chi connectivity index (χ1v) is 7.32. The zero-order valence-corrected chi connectivity index (χ0v) is 11.1. The highest BCUT2D eigenvalue weighted by atomic mass is 32.2.